The van der Waals surface area contributed by atoms with Gasteiger partial charge in [0.05, 0.1) is 29.8 Å². The van der Waals surface area contributed by atoms with Crippen molar-refractivity contribution in [1.82, 2.24) is 14.5 Å². The smallest absolute Gasteiger partial charge is 0.261 e. The number of carbonyl (C=O) groups excluding carboxylic acids is 1. The van der Waals surface area contributed by atoms with Crippen molar-refractivity contribution in [3.05, 3.63) is 57.0 Å². The summed E-state index contributed by atoms with van der Waals surface area (Å²) in [7, 11) is 0. The van der Waals surface area contributed by atoms with Crippen molar-refractivity contribution in [1.29, 1.82) is 5.26 Å². The standard InChI is InChI=1S/C16H12N4O2S/c1-10-8-23-15(19-10)12(6-17)14(21)7-20-9-18-13-5-3-2-4-11(13)16(20)22/h2-5,8-9,12H,7H2,1H3. The number of hydrogen-bond acceptors (Lipinski definition) is 6. The van der Waals surface area contributed by atoms with Crippen LogP contribution in [0.4, 0.5) is 0 Å². The zero-order valence-corrected chi connectivity index (χ0v) is 13.1. The van der Waals surface area contributed by atoms with Crippen molar-refractivity contribution in [3.63, 3.8) is 0 Å². The lowest BCUT2D eigenvalue weighted by atomic mass is 10.1. The largest absolute Gasteiger partial charge is 0.296 e. The molecule has 0 amide bonds. The lowest BCUT2D eigenvalue weighted by molar-refractivity contribution is -0.120. The molecular weight excluding hydrogens is 312 g/mol. The van der Waals surface area contributed by atoms with E-state index in [1.165, 1.54) is 22.2 Å². The molecule has 0 aliphatic carbocycles. The molecule has 0 saturated heterocycles. The summed E-state index contributed by atoms with van der Waals surface area (Å²) in [5.74, 6) is -1.34. The van der Waals surface area contributed by atoms with E-state index in [1.54, 1.807) is 36.6 Å². The van der Waals surface area contributed by atoms with E-state index in [-0.39, 0.29) is 17.9 Å². The number of para-hydroxylation sites is 1. The summed E-state index contributed by atoms with van der Waals surface area (Å²) in [4.78, 5) is 33.1. The monoisotopic (exact) mass is 324 g/mol. The zero-order valence-electron chi connectivity index (χ0n) is 12.3. The SMILES string of the molecule is Cc1csc(C(C#N)C(=O)Cn2cnc3ccccc3c2=O)n1. The lowest BCUT2D eigenvalue weighted by Gasteiger charge is -2.08. The molecule has 0 N–H and O–H groups in total. The van der Waals surface area contributed by atoms with Crippen LogP contribution in [-0.2, 0) is 11.3 Å². The lowest BCUT2D eigenvalue weighted by Crippen LogP contribution is -2.27. The second-order valence-corrected chi connectivity index (χ2v) is 5.94. The van der Waals surface area contributed by atoms with Crippen molar-refractivity contribution in [2.24, 2.45) is 0 Å². The first-order valence-corrected chi connectivity index (χ1v) is 7.76. The Bertz CT molecular complexity index is 983. The van der Waals surface area contributed by atoms with Crippen LogP contribution in [0.2, 0.25) is 0 Å². The van der Waals surface area contributed by atoms with Gasteiger partial charge in [0.2, 0.25) is 0 Å². The van der Waals surface area contributed by atoms with E-state index < -0.39 is 5.92 Å². The van der Waals surface area contributed by atoms with E-state index in [4.69, 9.17) is 0 Å². The van der Waals surface area contributed by atoms with Crippen molar-refractivity contribution < 1.29 is 4.79 Å². The van der Waals surface area contributed by atoms with E-state index in [9.17, 15) is 14.9 Å². The third-order valence-corrected chi connectivity index (χ3v) is 4.42. The number of ketones is 1. The number of thiazole rings is 1. The van der Waals surface area contributed by atoms with E-state index in [0.717, 1.165) is 5.69 Å². The average Bonchev–Trinajstić information content (AvgIpc) is 2.97. The molecule has 0 spiro atoms. The first kappa shape index (κ1) is 15.1. The van der Waals surface area contributed by atoms with E-state index >= 15 is 0 Å². The summed E-state index contributed by atoms with van der Waals surface area (Å²) in [5, 5.41) is 12.0. The molecule has 0 bridgehead atoms. The van der Waals surface area contributed by atoms with Crippen molar-refractivity contribution in [2.45, 2.75) is 19.4 Å². The first-order valence-electron chi connectivity index (χ1n) is 6.88. The van der Waals surface area contributed by atoms with Crippen LogP contribution in [0.3, 0.4) is 0 Å². The molecule has 23 heavy (non-hydrogen) atoms. The number of nitriles is 1. The van der Waals surface area contributed by atoms with Crippen molar-refractivity contribution in [3.8, 4) is 6.07 Å². The summed E-state index contributed by atoms with van der Waals surface area (Å²) in [5.41, 5.74) is 1.05. The fourth-order valence-electron chi connectivity index (χ4n) is 2.25. The third kappa shape index (κ3) is 2.89. The van der Waals surface area contributed by atoms with Crippen LogP contribution in [0.15, 0.2) is 40.8 Å². The minimum Gasteiger partial charge on any atom is -0.296 e. The highest BCUT2D eigenvalue weighted by molar-refractivity contribution is 7.09. The van der Waals surface area contributed by atoms with Gasteiger partial charge < -0.3 is 0 Å². The summed E-state index contributed by atoms with van der Waals surface area (Å²) >= 11 is 1.27. The Morgan fingerprint density at radius 2 is 2.22 bits per heavy atom. The van der Waals surface area contributed by atoms with Gasteiger partial charge in [-0.3, -0.25) is 14.2 Å². The number of aromatic nitrogens is 3. The van der Waals surface area contributed by atoms with Gasteiger partial charge in [-0.25, -0.2) is 9.97 Å². The normalized spacial score (nSPS) is 12.0. The van der Waals surface area contributed by atoms with Crippen molar-refractivity contribution >= 4 is 28.0 Å². The summed E-state index contributed by atoms with van der Waals surface area (Å²) in [6, 6.07) is 8.91. The number of rotatable bonds is 4. The first-order chi connectivity index (χ1) is 11.1. The maximum Gasteiger partial charge on any atom is 0.261 e. The van der Waals surface area contributed by atoms with E-state index in [2.05, 4.69) is 9.97 Å². The van der Waals surface area contributed by atoms with Gasteiger partial charge in [-0.15, -0.1) is 11.3 Å². The van der Waals surface area contributed by atoms with Crippen LogP contribution < -0.4 is 5.56 Å². The second kappa shape index (κ2) is 6.10. The van der Waals surface area contributed by atoms with Gasteiger partial charge in [-0.2, -0.15) is 5.26 Å². The fourth-order valence-corrected chi connectivity index (χ4v) is 3.11. The number of hydrogen-bond donors (Lipinski definition) is 0. The molecule has 1 unspecified atom stereocenters. The molecule has 0 saturated carbocycles. The molecule has 2 heterocycles. The summed E-state index contributed by atoms with van der Waals surface area (Å²) in [6.45, 7) is 1.60. The molecule has 7 heteroatoms. The highest BCUT2D eigenvalue weighted by Crippen LogP contribution is 2.21. The maximum absolute atomic E-state index is 12.4. The minimum absolute atomic E-state index is 0.201. The number of carbonyl (C=O) groups is 1. The Labute approximate surface area is 135 Å². The topological polar surface area (TPSA) is 88.6 Å². The Hall–Kier alpha value is -2.85. The average molecular weight is 324 g/mol. The minimum atomic E-state index is -0.966. The van der Waals surface area contributed by atoms with Crippen LogP contribution in [-0.4, -0.2) is 20.3 Å². The molecular formula is C16H12N4O2S. The summed E-state index contributed by atoms with van der Waals surface area (Å²) < 4.78 is 1.23. The van der Waals surface area contributed by atoms with E-state index in [0.29, 0.717) is 15.9 Å². The zero-order chi connectivity index (χ0) is 16.4. The number of aryl methyl sites for hydroxylation is 1. The molecule has 3 aromatic rings. The molecule has 0 radical (unpaired) electrons. The molecule has 0 aliphatic heterocycles. The number of benzene rings is 1. The molecule has 2 aromatic heterocycles. The van der Waals surface area contributed by atoms with Crippen molar-refractivity contribution in [2.75, 3.05) is 0 Å². The third-order valence-electron chi connectivity index (χ3n) is 3.39. The molecule has 6 nitrogen and oxygen atoms in total. The Balaban J connectivity index is 1.92. The Morgan fingerprint density at radius 3 is 2.91 bits per heavy atom. The molecule has 1 aromatic carbocycles. The number of nitrogens with zero attached hydrogens (tertiary/aromatic N) is 4. The molecule has 1 atom stereocenters. The number of Topliss-reactive ketones (excluding diaryl/α,β-unsaturated/α-hetero) is 1. The number of fused-ring (bicyclic) bond motifs is 1. The summed E-state index contributed by atoms with van der Waals surface area (Å²) in [6.07, 6.45) is 1.34. The van der Waals surface area contributed by atoms with Crippen LogP contribution in [0.1, 0.15) is 16.6 Å². The predicted molar refractivity (Wildman–Crippen MR) is 86.2 cm³/mol. The van der Waals surface area contributed by atoms with Crippen LogP contribution in [0, 0.1) is 18.3 Å². The molecule has 0 fully saturated rings. The van der Waals surface area contributed by atoms with Gasteiger partial charge in [0.15, 0.2) is 11.7 Å². The molecule has 114 valence electrons. The molecule has 3 rings (SSSR count). The highest BCUT2D eigenvalue weighted by atomic mass is 32.1. The predicted octanol–water partition coefficient (Wildman–Crippen LogP) is 2.04. The Kier molecular flexibility index (Phi) is 4.00. The van der Waals surface area contributed by atoms with Gasteiger partial charge in [0, 0.05) is 11.1 Å². The maximum atomic E-state index is 12.4. The second-order valence-electron chi connectivity index (χ2n) is 5.05. The van der Waals surface area contributed by atoms with Gasteiger partial charge in [0.1, 0.15) is 5.01 Å². The molecule has 0 aliphatic rings. The van der Waals surface area contributed by atoms with Gasteiger partial charge in [-0.1, -0.05) is 12.1 Å². The quantitative estimate of drug-likeness (QED) is 0.732. The van der Waals surface area contributed by atoms with Gasteiger partial charge >= 0.3 is 0 Å². The van der Waals surface area contributed by atoms with Crippen LogP contribution >= 0.6 is 11.3 Å². The highest BCUT2D eigenvalue weighted by Gasteiger charge is 2.24. The van der Waals surface area contributed by atoms with E-state index in [1.807, 2.05) is 6.07 Å². The van der Waals surface area contributed by atoms with Gasteiger partial charge in [0.25, 0.3) is 5.56 Å². The van der Waals surface area contributed by atoms with Crippen LogP contribution in [0.5, 0.6) is 0 Å². The van der Waals surface area contributed by atoms with Gasteiger partial charge in [-0.05, 0) is 19.1 Å². The fraction of sp³-hybridized carbons (Fsp3) is 0.188. The Morgan fingerprint density at radius 1 is 1.43 bits per heavy atom. The van der Waals surface area contributed by atoms with Crippen LogP contribution in [0.25, 0.3) is 10.9 Å².